The topological polar surface area (TPSA) is 6.48 Å². The molecule has 2 atom stereocenters. The molecule has 4 rings (SSSR count). The summed E-state index contributed by atoms with van der Waals surface area (Å²) in [6, 6.07) is 6.14. The molecule has 134 valence electrons. The van der Waals surface area contributed by atoms with Gasteiger partial charge < -0.3 is 0 Å². The van der Waals surface area contributed by atoms with Crippen LogP contribution in [-0.4, -0.2) is 60.4 Å². The van der Waals surface area contributed by atoms with Gasteiger partial charge in [-0.05, 0) is 17.7 Å². The van der Waals surface area contributed by atoms with Crippen LogP contribution in [0.25, 0.3) is 0 Å². The lowest BCUT2D eigenvalue weighted by atomic mass is 9.71. The number of fused-ring (bicyclic) bond motifs is 2. The van der Waals surface area contributed by atoms with E-state index in [1.54, 1.807) is 12.1 Å². The molecule has 0 saturated carbocycles. The molecule has 3 aliphatic rings. The van der Waals surface area contributed by atoms with Gasteiger partial charge in [0.2, 0.25) is 0 Å². The Labute approximate surface area is 143 Å². The maximum atomic E-state index is 12.7. The van der Waals surface area contributed by atoms with Crippen molar-refractivity contribution < 1.29 is 26.3 Å². The molecule has 2 bridgehead atoms. The van der Waals surface area contributed by atoms with E-state index in [2.05, 4.69) is 15.9 Å². The van der Waals surface area contributed by atoms with Crippen molar-refractivity contribution in [2.75, 3.05) is 26.2 Å². The SMILES string of the molecule is FC(F)(F)CN1CC2C(c3ccc(Br)cc3)C(C1)N2CC(F)(F)F. The number of halogens is 7. The van der Waals surface area contributed by atoms with E-state index in [1.165, 1.54) is 9.80 Å². The molecule has 0 radical (unpaired) electrons. The molecule has 0 spiro atoms. The van der Waals surface area contributed by atoms with Gasteiger partial charge >= 0.3 is 12.4 Å². The van der Waals surface area contributed by atoms with Gasteiger partial charge in [0.15, 0.2) is 0 Å². The summed E-state index contributed by atoms with van der Waals surface area (Å²) in [6.07, 6.45) is -8.70. The van der Waals surface area contributed by atoms with Crippen molar-refractivity contribution in [1.82, 2.24) is 9.80 Å². The van der Waals surface area contributed by atoms with E-state index in [4.69, 9.17) is 0 Å². The first-order chi connectivity index (χ1) is 11.0. The summed E-state index contributed by atoms with van der Waals surface area (Å²) in [4.78, 5) is 2.50. The fraction of sp³-hybridized carbons (Fsp3) is 0.600. The van der Waals surface area contributed by atoms with Crippen molar-refractivity contribution in [2.24, 2.45) is 0 Å². The summed E-state index contributed by atoms with van der Waals surface area (Å²) in [5.41, 5.74) is 0.873. The van der Waals surface area contributed by atoms with Crippen molar-refractivity contribution in [1.29, 1.82) is 0 Å². The van der Waals surface area contributed by atoms with Gasteiger partial charge in [0.25, 0.3) is 0 Å². The average Bonchev–Trinajstić information content (AvgIpc) is 2.43. The Hall–Kier alpha value is -0.800. The van der Waals surface area contributed by atoms with E-state index < -0.39 is 37.5 Å². The third-order valence-corrected chi connectivity index (χ3v) is 5.12. The van der Waals surface area contributed by atoms with Gasteiger partial charge in [0.1, 0.15) is 0 Å². The number of nitrogens with zero attached hydrogens (tertiary/aromatic N) is 2. The van der Waals surface area contributed by atoms with E-state index in [-0.39, 0.29) is 19.0 Å². The summed E-state index contributed by atoms with van der Waals surface area (Å²) < 4.78 is 76.8. The summed E-state index contributed by atoms with van der Waals surface area (Å²) in [5, 5.41) is 0. The standard InChI is InChI=1S/C15H15BrF6N2/c16-10-3-1-9(2-4-10)13-11-5-23(7-14(17,18)19)6-12(13)24(11)8-15(20,21)22/h1-4,11-13H,5-8H2. The average molecular weight is 417 g/mol. The smallest absolute Gasteiger partial charge is 0.292 e. The largest absolute Gasteiger partial charge is 0.401 e. The fourth-order valence-electron chi connectivity index (χ4n) is 3.81. The fourth-order valence-corrected chi connectivity index (χ4v) is 4.07. The molecule has 1 aromatic carbocycles. The van der Waals surface area contributed by atoms with Crippen LogP contribution in [0.4, 0.5) is 26.3 Å². The molecule has 1 aromatic rings. The predicted octanol–water partition coefficient (Wildman–Crippen LogP) is 4.03. The molecule has 24 heavy (non-hydrogen) atoms. The zero-order valence-electron chi connectivity index (χ0n) is 12.4. The normalized spacial score (nSPS) is 28.7. The molecular weight excluding hydrogens is 402 g/mol. The highest BCUT2D eigenvalue weighted by Crippen LogP contribution is 2.46. The summed E-state index contributed by atoms with van der Waals surface area (Å²) in [7, 11) is 0. The number of piperazine rings is 1. The highest BCUT2D eigenvalue weighted by atomic mass is 79.9. The minimum Gasteiger partial charge on any atom is -0.292 e. The Balaban J connectivity index is 1.77. The van der Waals surface area contributed by atoms with E-state index in [9.17, 15) is 26.3 Å². The highest BCUT2D eigenvalue weighted by molar-refractivity contribution is 9.10. The Kier molecular flexibility index (Phi) is 4.63. The van der Waals surface area contributed by atoms with Crippen molar-refractivity contribution in [3.8, 4) is 0 Å². The lowest BCUT2D eigenvalue weighted by Crippen LogP contribution is -2.74. The van der Waals surface area contributed by atoms with Crippen molar-refractivity contribution in [2.45, 2.75) is 30.4 Å². The van der Waals surface area contributed by atoms with Gasteiger partial charge in [-0.25, -0.2) is 0 Å². The first kappa shape index (κ1) is 18.0. The number of rotatable bonds is 3. The molecule has 0 N–H and O–H groups in total. The Bertz CT molecular complexity index is 571. The number of hydrogen-bond donors (Lipinski definition) is 0. The van der Waals surface area contributed by atoms with Crippen LogP contribution >= 0.6 is 15.9 Å². The van der Waals surface area contributed by atoms with Gasteiger partial charge in [0.05, 0.1) is 13.1 Å². The van der Waals surface area contributed by atoms with Gasteiger partial charge in [0, 0.05) is 35.6 Å². The number of benzene rings is 1. The summed E-state index contributed by atoms with van der Waals surface area (Å²) >= 11 is 3.30. The second kappa shape index (κ2) is 6.17. The van der Waals surface area contributed by atoms with Crippen LogP contribution < -0.4 is 0 Å². The molecule has 0 amide bonds. The molecule has 9 heteroatoms. The molecular formula is C15H15BrF6N2. The molecule has 0 aromatic heterocycles. The van der Waals surface area contributed by atoms with E-state index in [0.29, 0.717) is 0 Å². The molecule has 3 fully saturated rings. The molecule has 2 nitrogen and oxygen atoms in total. The zero-order valence-corrected chi connectivity index (χ0v) is 14.0. The Morgan fingerprint density at radius 3 is 1.83 bits per heavy atom. The number of piperidine rings is 1. The lowest BCUT2D eigenvalue weighted by Gasteiger charge is -2.62. The minimum absolute atomic E-state index is 0.00712. The Morgan fingerprint density at radius 2 is 1.38 bits per heavy atom. The van der Waals surface area contributed by atoms with Crippen LogP contribution in [0, 0.1) is 0 Å². The van der Waals surface area contributed by atoms with E-state index in [1.807, 2.05) is 12.1 Å². The van der Waals surface area contributed by atoms with E-state index in [0.717, 1.165) is 10.0 Å². The summed E-state index contributed by atoms with van der Waals surface area (Å²) in [6.45, 7) is -2.16. The third kappa shape index (κ3) is 3.88. The second-order valence-corrected chi connectivity index (χ2v) is 7.22. The molecule has 0 aliphatic carbocycles. The molecule has 3 heterocycles. The maximum Gasteiger partial charge on any atom is 0.401 e. The molecule has 3 saturated heterocycles. The van der Waals surface area contributed by atoms with Crippen molar-refractivity contribution in [3.63, 3.8) is 0 Å². The first-order valence-electron chi connectivity index (χ1n) is 7.40. The van der Waals surface area contributed by atoms with Gasteiger partial charge in [-0.15, -0.1) is 0 Å². The van der Waals surface area contributed by atoms with Crippen LogP contribution in [-0.2, 0) is 0 Å². The second-order valence-electron chi connectivity index (χ2n) is 6.31. The van der Waals surface area contributed by atoms with Crippen molar-refractivity contribution in [3.05, 3.63) is 34.3 Å². The van der Waals surface area contributed by atoms with Crippen LogP contribution in [0.1, 0.15) is 11.5 Å². The van der Waals surface area contributed by atoms with Crippen LogP contribution in [0.3, 0.4) is 0 Å². The first-order valence-corrected chi connectivity index (χ1v) is 8.20. The molecule has 3 aliphatic heterocycles. The highest BCUT2D eigenvalue weighted by Gasteiger charge is 2.56. The molecule has 2 unspecified atom stereocenters. The third-order valence-electron chi connectivity index (χ3n) is 4.59. The maximum absolute atomic E-state index is 12.7. The minimum atomic E-state index is -4.35. The monoisotopic (exact) mass is 416 g/mol. The zero-order chi connectivity index (χ0) is 17.7. The van der Waals surface area contributed by atoms with Gasteiger partial charge in [-0.2, -0.15) is 26.3 Å². The van der Waals surface area contributed by atoms with Crippen LogP contribution in [0.5, 0.6) is 0 Å². The number of alkyl halides is 6. The summed E-state index contributed by atoms with van der Waals surface area (Å²) in [5.74, 6) is -0.162. The van der Waals surface area contributed by atoms with Crippen LogP contribution in [0.15, 0.2) is 28.7 Å². The predicted molar refractivity (Wildman–Crippen MR) is 79.7 cm³/mol. The quantitative estimate of drug-likeness (QED) is 0.686. The van der Waals surface area contributed by atoms with Crippen LogP contribution in [0.2, 0.25) is 0 Å². The number of hydrogen-bond acceptors (Lipinski definition) is 2. The van der Waals surface area contributed by atoms with Gasteiger partial charge in [-0.1, -0.05) is 28.1 Å². The van der Waals surface area contributed by atoms with E-state index >= 15 is 0 Å². The lowest BCUT2D eigenvalue weighted by molar-refractivity contribution is -0.208. The van der Waals surface area contributed by atoms with Gasteiger partial charge in [-0.3, -0.25) is 9.80 Å². The Morgan fingerprint density at radius 1 is 0.875 bits per heavy atom. The van der Waals surface area contributed by atoms with Crippen molar-refractivity contribution >= 4 is 15.9 Å².